The molecule has 1 N–H and O–H groups in total. The van der Waals surface area contributed by atoms with E-state index in [9.17, 15) is 0 Å². The Balaban J connectivity index is 2.34. The second kappa shape index (κ2) is 2.90. The lowest BCUT2D eigenvalue weighted by Crippen LogP contribution is -2.00. The van der Waals surface area contributed by atoms with E-state index in [1.54, 1.807) is 0 Å². The molecule has 0 aliphatic heterocycles. The van der Waals surface area contributed by atoms with Crippen LogP contribution in [-0.2, 0) is 5.41 Å². The second-order valence-corrected chi connectivity index (χ2v) is 4.95. The van der Waals surface area contributed by atoms with Gasteiger partial charge in [0.15, 0.2) is 0 Å². The minimum atomic E-state index is 0.00211. The highest BCUT2D eigenvalue weighted by atomic mass is 79.9. The zero-order valence-electron chi connectivity index (χ0n) is 8.18. The summed E-state index contributed by atoms with van der Waals surface area (Å²) >= 11 is 3.59. The van der Waals surface area contributed by atoms with Gasteiger partial charge in [0.05, 0.1) is 5.41 Å². The average molecular weight is 260 g/mol. The van der Waals surface area contributed by atoms with Crippen molar-refractivity contribution in [2.75, 3.05) is 0 Å². The van der Waals surface area contributed by atoms with E-state index >= 15 is 0 Å². The fourth-order valence-corrected chi connectivity index (χ4v) is 2.71. The Bertz CT molecular complexity index is 570. The maximum atomic E-state index is 5.62. The Morgan fingerprint density at radius 1 is 1.40 bits per heavy atom. The van der Waals surface area contributed by atoms with E-state index < -0.39 is 0 Å². The summed E-state index contributed by atoms with van der Waals surface area (Å²) in [6.07, 6.45) is 9.90. The molecule has 3 rings (SSSR count). The molecule has 1 heterocycles. The molecule has 1 aromatic heterocycles. The first-order chi connectivity index (χ1) is 7.27. The number of fused-ring (bicyclic) bond motifs is 1. The molecule has 15 heavy (non-hydrogen) atoms. The van der Waals surface area contributed by atoms with Gasteiger partial charge in [-0.2, -0.15) is 0 Å². The molecule has 1 aromatic carbocycles. The minimum absolute atomic E-state index is 0.00211. The smallest absolute Gasteiger partial charge is 0.0582 e. The molecule has 0 bridgehead atoms. The molecule has 0 atom stereocenters. The Morgan fingerprint density at radius 3 is 2.87 bits per heavy atom. The Kier molecular flexibility index (Phi) is 1.75. The van der Waals surface area contributed by atoms with E-state index in [1.807, 2.05) is 6.07 Å². The summed E-state index contributed by atoms with van der Waals surface area (Å²) < 4.78 is 1.12. The van der Waals surface area contributed by atoms with Crippen LogP contribution in [-0.4, -0.2) is 4.98 Å². The van der Waals surface area contributed by atoms with Crippen LogP contribution in [0.4, 0.5) is 0 Å². The van der Waals surface area contributed by atoms with Gasteiger partial charge in [0.1, 0.15) is 0 Å². The number of rotatable bonds is 1. The topological polar surface area (TPSA) is 15.8 Å². The van der Waals surface area contributed by atoms with Gasteiger partial charge in [-0.15, -0.1) is 6.42 Å². The minimum Gasteiger partial charge on any atom is -0.361 e. The van der Waals surface area contributed by atoms with Crippen molar-refractivity contribution in [2.24, 2.45) is 0 Å². The molecule has 0 unspecified atom stereocenters. The van der Waals surface area contributed by atoms with E-state index in [0.717, 1.165) is 22.8 Å². The highest BCUT2D eigenvalue weighted by molar-refractivity contribution is 9.10. The van der Waals surface area contributed by atoms with E-state index in [2.05, 4.69) is 45.2 Å². The number of halogens is 1. The van der Waals surface area contributed by atoms with Crippen LogP contribution in [0, 0.1) is 12.3 Å². The highest BCUT2D eigenvalue weighted by Gasteiger charge is 2.44. The van der Waals surface area contributed by atoms with Crippen molar-refractivity contribution >= 4 is 26.8 Å². The van der Waals surface area contributed by atoms with Crippen LogP contribution >= 0.6 is 15.9 Å². The number of H-pyrrole nitrogens is 1. The first-order valence-corrected chi connectivity index (χ1v) is 5.80. The van der Waals surface area contributed by atoms with E-state index in [1.165, 1.54) is 10.9 Å². The number of benzene rings is 1. The van der Waals surface area contributed by atoms with Gasteiger partial charge in [0.2, 0.25) is 0 Å². The normalized spacial score (nSPS) is 17.6. The summed E-state index contributed by atoms with van der Waals surface area (Å²) in [4.78, 5) is 3.28. The summed E-state index contributed by atoms with van der Waals surface area (Å²) in [5, 5.41) is 1.24. The van der Waals surface area contributed by atoms with Crippen molar-refractivity contribution in [3.63, 3.8) is 0 Å². The number of hydrogen-bond acceptors (Lipinski definition) is 0. The number of nitrogens with one attached hydrogen (secondary N) is 1. The first kappa shape index (κ1) is 9.06. The van der Waals surface area contributed by atoms with Gasteiger partial charge in [-0.1, -0.05) is 27.9 Å². The van der Waals surface area contributed by atoms with Gasteiger partial charge in [-0.25, -0.2) is 0 Å². The van der Waals surface area contributed by atoms with Crippen LogP contribution in [0.2, 0.25) is 0 Å². The van der Waals surface area contributed by atoms with Crippen molar-refractivity contribution in [2.45, 2.75) is 18.3 Å². The maximum absolute atomic E-state index is 5.62. The molecule has 1 nitrogen and oxygen atoms in total. The fourth-order valence-electron chi connectivity index (χ4n) is 2.13. The third kappa shape index (κ3) is 1.16. The third-order valence-corrected chi connectivity index (χ3v) is 3.86. The number of hydrogen-bond donors (Lipinski definition) is 1. The van der Waals surface area contributed by atoms with E-state index in [-0.39, 0.29) is 5.41 Å². The van der Waals surface area contributed by atoms with Crippen molar-refractivity contribution in [1.82, 2.24) is 4.98 Å². The Hall–Kier alpha value is -1.20. The van der Waals surface area contributed by atoms with Gasteiger partial charge >= 0.3 is 0 Å². The third-order valence-electron chi connectivity index (χ3n) is 3.20. The SMILES string of the molecule is C#CC1(c2c[nH]c3cccc(Br)c23)CC1. The van der Waals surface area contributed by atoms with E-state index in [4.69, 9.17) is 6.42 Å². The van der Waals surface area contributed by atoms with Gasteiger partial charge in [-0.05, 0) is 30.5 Å². The first-order valence-electron chi connectivity index (χ1n) is 5.01. The Morgan fingerprint density at radius 2 is 2.20 bits per heavy atom. The second-order valence-electron chi connectivity index (χ2n) is 4.09. The Labute approximate surface area is 97.0 Å². The molecule has 74 valence electrons. The monoisotopic (exact) mass is 259 g/mol. The molecule has 1 fully saturated rings. The standard InChI is InChI=1S/C13H10BrN/c1-2-13(6-7-13)9-8-15-11-5-3-4-10(14)12(9)11/h1,3-5,8,15H,6-7H2. The van der Waals surface area contributed by atoms with Crippen LogP contribution in [0.1, 0.15) is 18.4 Å². The van der Waals surface area contributed by atoms with Crippen LogP contribution in [0.25, 0.3) is 10.9 Å². The zero-order chi connectivity index (χ0) is 10.5. The summed E-state index contributed by atoms with van der Waals surface area (Å²) in [6, 6.07) is 6.17. The highest BCUT2D eigenvalue weighted by Crippen LogP contribution is 2.50. The predicted molar refractivity (Wildman–Crippen MR) is 65.7 cm³/mol. The lowest BCUT2D eigenvalue weighted by molar-refractivity contribution is 0.942. The molecular formula is C13H10BrN. The average Bonchev–Trinajstić information content (AvgIpc) is 2.92. The van der Waals surface area contributed by atoms with Crippen LogP contribution < -0.4 is 0 Å². The van der Waals surface area contributed by atoms with Crippen LogP contribution in [0.3, 0.4) is 0 Å². The summed E-state index contributed by atoms with van der Waals surface area (Å²) in [5.41, 5.74) is 2.43. The molecule has 0 amide bonds. The molecule has 0 saturated heterocycles. The lowest BCUT2D eigenvalue weighted by atomic mass is 9.97. The van der Waals surface area contributed by atoms with E-state index in [0.29, 0.717) is 0 Å². The molecule has 1 aliphatic rings. The van der Waals surface area contributed by atoms with Gasteiger partial charge in [-0.3, -0.25) is 0 Å². The summed E-state index contributed by atoms with van der Waals surface area (Å²) in [7, 11) is 0. The summed E-state index contributed by atoms with van der Waals surface area (Å²) in [6.45, 7) is 0. The molecule has 1 saturated carbocycles. The van der Waals surface area contributed by atoms with Crippen LogP contribution in [0.5, 0.6) is 0 Å². The molecular weight excluding hydrogens is 250 g/mol. The van der Waals surface area contributed by atoms with Gasteiger partial charge < -0.3 is 4.98 Å². The van der Waals surface area contributed by atoms with Crippen molar-refractivity contribution in [1.29, 1.82) is 0 Å². The predicted octanol–water partition coefficient (Wildman–Crippen LogP) is 3.60. The molecule has 1 aliphatic carbocycles. The fraction of sp³-hybridized carbons (Fsp3) is 0.231. The molecule has 0 spiro atoms. The van der Waals surface area contributed by atoms with Crippen molar-refractivity contribution in [3.05, 3.63) is 34.4 Å². The molecule has 0 radical (unpaired) electrons. The zero-order valence-corrected chi connectivity index (χ0v) is 9.76. The largest absolute Gasteiger partial charge is 0.361 e. The molecule has 2 aromatic rings. The van der Waals surface area contributed by atoms with Crippen molar-refractivity contribution < 1.29 is 0 Å². The molecule has 2 heteroatoms. The van der Waals surface area contributed by atoms with Crippen molar-refractivity contribution in [3.8, 4) is 12.3 Å². The lowest BCUT2D eigenvalue weighted by Gasteiger charge is -2.06. The van der Waals surface area contributed by atoms with Gasteiger partial charge in [0.25, 0.3) is 0 Å². The quantitative estimate of drug-likeness (QED) is 0.754. The maximum Gasteiger partial charge on any atom is 0.0582 e. The number of aromatic amines is 1. The number of aromatic nitrogens is 1. The van der Waals surface area contributed by atoms with Gasteiger partial charge in [0, 0.05) is 21.6 Å². The summed E-state index contributed by atoms with van der Waals surface area (Å²) in [5.74, 6) is 2.93. The van der Waals surface area contributed by atoms with Crippen LogP contribution in [0.15, 0.2) is 28.9 Å². The number of terminal acetylenes is 1.